The van der Waals surface area contributed by atoms with Crippen LogP contribution in [0.25, 0.3) is 11.0 Å². The molecule has 1 heterocycles. The van der Waals surface area contributed by atoms with Crippen LogP contribution in [-0.4, -0.2) is 23.3 Å². The Balaban J connectivity index is 2.57. The summed E-state index contributed by atoms with van der Waals surface area (Å²) in [5.41, 5.74) is 9.26. The lowest BCUT2D eigenvalue weighted by Gasteiger charge is -2.18. The molecule has 1 aromatic carbocycles. The number of ether oxygens (including phenoxy) is 1. The van der Waals surface area contributed by atoms with Crippen molar-refractivity contribution in [2.24, 2.45) is 0 Å². The number of hydrogen-bond donors (Lipinski definition) is 1. The van der Waals surface area contributed by atoms with Gasteiger partial charge in [-0.25, -0.2) is 4.98 Å². The van der Waals surface area contributed by atoms with Crippen molar-refractivity contribution in [1.82, 2.24) is 9.55 Å². The number of nitrogens with two attached hydrogens (primary N) is 1. The van der Waals surface area contributed by atoms with E-state index in [9.17, 15) is 0 Å². The summed E-state index contributed by atoms with van der Waals surface area (Å²) in [6.07, 6.45) is 0.970. The van der Waals surface area contributed by atoms with Gasteiger partial charge in [0.1, 0.15) is 0 Å². The zero-order valence-electron chi connectivity index (χ0n) is 10.6. The van der Waals surface area contributed by atoms with Crippen LogP contribution in [0.2, 0.25) is 0 Å². The van der Waals surface area contributed by atoms with Gasteiger partial charge >= 0.3 is 0 Å². The molecule has 4 heteroatoms. The Labute approximate surface area is 101 Å². The number of methoxy groups -OCH3 is 1. The first-order valence-electron chi connectivity index (χ1n) is 5.90. The molecule has 1 aromatic heterocycles. The standard InChI is InChI=1S/C13H19N3O/c1-4-10(8-17-3)16-12-7-9(2)5-6-11(12)15-13(16)14/h5-7,10H,4,8H2,1-3H3,(H2,14,15). The number of nitrogens with zero attached hydrogens (tertiary/aromatic N) is 2. The summed E-state index contributed by atoms with van der Waals surface area (Å²) in [6.45, 7) is 4.86. The second-order valence-electron chi connectivity index (χ2n) is 4.35. The molecule has 4 nitrogen and oxygen atoms in total. The van der Waals surface area contributed by atoms with E-state index in [4.69, 9.17) is 10.5 Å². The van der Waals surface area contributed by atoms with Crippen LogP contribution in [0.15, 0.2) is 18.2 Å². The fraction of sp³-hybridized carbons (Fsp3) is 0.462. The molecular weight excluding hydrogens is 214 g/mol. The van der Waals surface area contributed by atoms with Gasteiger partial charge in [0.25, 0.3) is 0 Å². The number of anilines is 1. The van der Waals surface area contributed by atoms with E-state index in [1.54, 1.807) is 7.11 Å². The summed E-state index contributed by atoms with van der Waals surface area (Å²) in [5, 5.41) is 0. The molecule has 0 bridgehead atoms. The number of imidazole rings is 1. The fourth-order valence-electron chi connectivity index (χ4n) is 2.17. The van der Waals surface area contributed by atoms with Crippen LogP contribution in [-0.2, 0) is 4.74 Å². The van der Waals surface area contributed by atoms with Crippen LogP contribution in [0, 0.1) is 6.92 Å². The number of benzene rings is 1. The molecule has 2 aromatic rings. The van der Waals surface area contributed by atoms with Gasteiger partial charge in [-0.15, -0.1) is 0 Å². The highest BCUT2D eigenvalue weighted by Gasteiger charge is 2.16. The number of nitrogen functional groups attached to an aromatic ring is 1. The van der Waals surface area contributed by atoms with Gasteiger partial charge in [-0.05, 0) is 31.0 Å². The number of hydrogen-bond acceptors (Lipinski definition) is 3. The highest BCUT2D eigenvalue weighted by Crippen LogP contribution is 2.25. The molecule has 0 saturated heterocycles. The third-order valence-corrected chi connectivity index (χ3v) is 3.07. The van der Waals surface area contributed by atoms with Crippen molar-refractivity contribution in [3.8, 4) is 0 Å². The summed E-state index contributed by atoms with van der Waals surface area (Å²) < 4.78 is 7.32. The largest absolute Gasteiger partial charge is 0.383 e. The molecule has 0 aliphatic carbocycles. The van der Waals surface area contributed by atoms with E-state index in [0.29, 0.717) is 12.6 Å². The van der Waals surface area contributed by atoms with E-state index >= 15 is 0 Å². The minimum absolute atomic E-state index is 0.242. The van der Waals surface area contributed by atoms with Crippen molar-refractivity contribution in [3.63, 3.8) is 0 Å². The second-order valence-corrected chi connectivity index (χ2v) is 4.35. The van der Waals surface area contributed by atoms with Crippen molar-refractivity contribution in [3.05, 3.63) is 23.8 Å². The van der Waals surface area contributed by atoms with E-state index < -0.39 is 0 Å². The summed E-state index contributed by atoms with van der Waals surface area (Å²) in [5.74, 6) is 0.564. The SMILES string of the molecule is CCC(COC)n1c(N)nc2ccc(C)cc21. The third kappa shape index (κ3) is 2.13. The van der Waals surface area contributed by atoms with Gasteiger partial charge in [-0.1, -0.05) is 13.0 Å². The first-order chi connectivity index (χ1) is 8.17. The maximum Gasteiger partial charge on any atom is 0.201 e. The van der Waals surface area contributed by atoms with E-state index in [0.717, 1.165) is 17.5 Å². The predicted molar refractivity (Wildman–Crippen MR) is 70.1 cm³/mol. The molecule has 1 atom stereocenters. The van der Waals surface area contributed by atoms with Crippen molar-refractivity contribution in [2.75, 3.05) is 19.5 Å². The van der Waals surface area contributed by atoms with Crippen molar-refractivity contribution in [2.45, 2.75) is 26.3 Å². The van der Waals surface area contributed by atoms with Crippen molar-refractivity contribution < 1.29 is 4.74 Å². The van der Waals surface area contributed by atoms with Crippen LogP contribution in [0.4, 0.5) is 5.95 Å². The van der Waals surface area contributed by atoms with Gasteiger partial charge in [-0.3, -0.25) is 0 Å². The number of rotatable bonds is 4. The Kier molecular flexibility index (Phi) is 3.33. The van der Waals surface area contributed by atoms with Crippen molar-refractivity contribution >= 4 is 17.0 Å². The van der Waals surface area contributed by atoms with Gasteiger partial charge < -0.3 is 15.0 Å². The molecule has 92 valence electrons. The van der Waals surface area contributed by atoms with Crippen LogP contribution >= 0.6 is 0 Å². The summed E-state index contributed by atoms with van der Waals surface area (Å²) in [6, 6.07) is 6.43. The first kappa shape index (κ1) is 11.9. The van der Waals surface area contributed by atoms with E-state index in [2.05, 4.69) is 35.5 Å². The molecule has 0 aliphatic rings. The average Bonchev–Trinajstić information content (AvgIpc) is 2.62. The first-order valence-corrected chi connectivity index (χ1v) is 5.90. The lowest BCUT2D eigenvalue weighted by atomic mass is 10.2. The molecule has 0 fully saturated rings. The monoisotopic (exact) mass is 233 g/mol. The minimum atomic E-state index is 0.242. The van der Waals surface area contributed by atoms with Crippen LogP contribution < -0.4 is 5.73 Å². The lowest BCUT2D eigenvalue weighted by molar-refractivity contribution is 0.155. The van der Waals surface area contributed by atoms with Gasteiger partial charge in [0.05, 0.1) is 23.7 Å². The van der Waals surface area contributed by atoms with Gasteiger partial charge in [0, 0.05) is 7.11 Å². The third-order valence-electron chi connectivity index (χ3n) is 3.07. The zero-order chi connectivity index (χ0) is 12.4. The molecule has 1 unspecified atom stereocenters. The Bertz CT molecular complexity index is 519. The minimum Gasteiger partial charge on any atom is -0.383 e. The van der Waals surface area contributed by atoms with Crippen LogP contribution in [0.3, 0.4) is 0 Å². The topological polar surface area (TPSA) is 53.1 Å². The molecule has 2 rings (SSSR count). The average molecular weight is 233 g/mol. The molecule has 0 aliphatic heterocycles. The van der Waals surface area contributed by atoms with Crippen molar-refractivity contribution in [1.29, 1.82) is 0 Å². The van der Waals surface area contributed by atoms with Crippen LogP contribution in [0.5, 0.6) is 0 Å². The van der Waals surface area contributed by atoms with Crippen LogP contribution in [0.1, 0.15) is 24.9 Å². The Morgan fingerprint density at radius 1 is 1.47 bits per heavy atom. The summed E-state index contributed by atoms with van der Waals surface area (Å²) in [7, 11) is 1.71. The molecular formula is C13H19N3O. The van der Waals surface area contributed by atoms with Gasteiger partial charge in [0.15, 0.2) is 0 Å². The zero-order valence-corrected chi connectivity index (χ0v) is 10.6. The quantitative estimate of drug-likeness (QED) is 0.882. The highest BCUT2D eigenvalue weighted by molar-refractivity contribution is 5.79. The maximum atomic E-state index is 6.01. The maximum absolute atomic E-state index is 6.01. The van der Waals surface area contributed by atoms with Gasteiger partial charge in [0.2, 0.25) is 5.95 Å². The predicted octanol–water partition coefficient (Wildman–Crippen LogP) is 2.52. The molecule has 0 spiro atoms. The Morgan fingerprint density at radius 2 is 2.24 bits per heavy atom. The number of fused-ring (bicyclic) bond motifs is 1. The highest BCUT2D eigenvalue weighted by atomic mass is 16.5. The summed E-state index contributed by atoms with van der Waals surface area (Å²) >= 11 is 0. The Morgan fingerprint density at radius 3 is 2.88 bits per heavy atom. The molecule has 0 saturated carbocycles. The van der Waals surface area contributed by atoms with E-state index in [-0.39, 0.29) is 6.04 Å². The van der Waals surface area contributed by atoms with E-state index in [1.807, 2.05) is 6.07 Å². The fourth-order valence-corrected chi connectivity index (χ4v) is 2.17. The molecule has 2 N–H and O–H groups in total. The molecule has 0 amide bonds. The second kappa shape index (κ2) is 4.75. The Hall–Kier alpha value is -1.55. The van der Waals surface area contributed by atoms with E-state index in [1.165, 1.54) is 5.56 Å². The number of aromatic nitrogens is 2. The number of aryl methyl sites for hydroxylation is 1. The summed E-state index contributed by atoms with van der Waals surface area (Å²) in [4.78, 5) is 4.39. The molecule has 0 radical (unpaired) electrons. The normalized spacial score (nSPS) is 13.1. The van der Waals surface area contributed by atoms with Gasteiger partial charge in [-0.2, -0.15) is 0 Å². The molecule has 17 heavy (non-hydrogen) atoms. The lowest BCUT2D eigenvalue weighted by Crippen LogP contribution is -2.16. The smallest absolute Gasteiger partial charge is 0.201 e.